The molecule has 4 atom stereocenters. The first-order valence-corrected chi connectivity index (χ1v) is 11.1. The van der Waals surface area contributed by atoms with E-state index in [0.29, 0.717) is 5.75 Å². The third kappa shape index (κ3) is 9.06. The molecule has 2 saturated heterocycles. The van der Waals surface area contributed by atoms with E-state index in [9.17, 15) is 19.2 Å². The van der Waals surface area contributed by atoms with E-state index >= 15 is 0 Å². The lowest BCUT2D eigenvalue weighted by Crippen LogP contribution is -2.40. The van der Waals surface area contributed by atoms with Crippen LogP contribution in [0, 0.1) is 0 Å². The first kappa shape index (κ1) is 27.2. The number of carboxylic acids is 2. The van der Waals surface area contributed by atoms with Crippen molar-refractivity contribution in [3.8, 4) is 5.75 Å². The predicted octanol–water partition coefficient (Wildman–Crippen LogP) is -1.01. The predicted molar refractivity (Wildman–Crippen MR) is 120 cm³/mol. The van der Waals surface area contributed by atoms with Gasteiger partial charge in [0.25, 0.3) is 0 Å². The Balaban J connectivity index is 0.000000430. The lowest BCUT2D eigenvalue weighted by atomic mass is 10.1. The molecule has 12 nitrogen and oxygen atoms in total. The molecular weight excluding hydrogens is 448 g/mol. The fourth-order valence-electron chi connectivity index (χ4n) is 3.35. The smallest absolute Gasteiger partial charge is 0.328 e. The van der Waals surface area contributed by atoms with Crippen molar-refractivity contribution in [2.45, 2.75) is 56.3 Å². The minimum absolute atomic E-state index is 0.194. The van der Waals surface area contributed by atoms with Crippen LogP contribution in [0.15, 0.2) is 24.3 Å². The fourth-order valence-corrected chi connectivity index (χ4v) is 3.35. The molecule has 2 aliphatic rings. The molecule has 1 aromatic carbocycles. The largest absolute Gasteiger partial charge is 0.480 e. The van der Waals surface area contributed by atoms with Gasteiger partial charge in [-0.3, -0.25) is 14.4 Å². The summed E-state index contributed by atoms with van der Waals surface area (Å²) >= 11 is 0. The molecule has 0 saturated carbocycles. The van der Waals surface area contributed by atoms with E-state index in [1.54, 1.807) is 24.3 Å². The van der Waals surface area contributed by atoms with Gasteiger partial charge in [0.2, 0.25) is 0 Å². The summed E-state index contributed by atoms with van der Waals surface area (Å²) in [6, 6.07) is 3.87. The SMILES string of the molecule is N[C@@H](COC(=O)[C@@H](N)Cc1ccc(OC(=O)[C@@H]2CCCN2)cc1)C(=O)O.O=C(O)[C@@H]1CCCN1. The number of carbonyl (C=O) groups is 4. The highest BCUT2D eigenvalue weighted by Crippen LogP contribution is 2.16. The summed E-state index contributed by atoms with van der Waals surface area (Å²) in [6.07, 6.45) is 3.69. The number of nitrogens with two attached hydrogens (primary N) is 2. The highest BCUT2D eigenvalue weighted by molar-refractivity contribution is 5.79. The summed E-state index contributed by atoms with van der Waals surface area (Å²) in [5.74, 6) is -2.61. The van der Waals surface area contributed by atoms with E-state index in [1.165, 1.54) is 0 Å². The average molecular weight is 481 g/mol. The topological polar surface area (TPSA) is 203 Å². The van der Waals surface area contributed by atoms with Crippen LogP contribution in [0.3, 0.4) is 0 Å². The third-order valence-electron chi connectivity index (χ3n) is 5.33. The van der Waals surface area contributed by atoms with Gasteiger partial charge in [0.05, 0.1) is 0 Å². The van der Waals surface area contributed by atoms with Gasteiger partial charge in [0.1, 0.15) is 36.5 Å². The Morgan fingerprint density at radius 3 is 2.00 bits per heavy atom. The zero-order chi connectivity index (χ0) is 25.1. The highest BCUT2D eigenvalue weighted by atomic mass is 16.5. The number of hydrogen-bond acceptors (Lipinski definition) is 10. The number of carbonyl (C=O) groups excluding carboxylic acids is 2. The monoisotopic (exact) mass is 480 g/mol. The van der Waals surface area contributed by atoms with Gasteiger partial charge in [-0.1, -0.05) is 12.1 Å². The average Bonchev–Trinajstić information content (AvgIpc) is 3.53. The molecule has 34 heavy (non-hydrogen) atoms. The molecule has 0 unspecified atom stereocenters. The fraction of sp³-hybridized carbons (Fsp3) is 0.545. The zero-order valence-electron chi connectivity index (χ0n) is 18.8. The van der Waals surface area contributed by atoms with Crippen molar-refractivity contribution in [3.05, 3.63) is 29.8 Å². The third-order valence-corrected chi connectivity index (χ3v) is 5.33. The molecule has 0 bridgehead atoms. The quantitative estimate of drug-likeness (QED) is 0.186. The Bertz CT molecular complexity index is 836. The van der Waals surface area contributed by atoms with E-state index in [-0.39, 0.29) is 24.5 Å². The number of esters is 2. The Labute approximate surface area is 197 Å². The number of hydrogen-bond donors (Lipinski definition) is 6. The molecule has 0 aliphatic carbocycles. The van der Waals surface area contributed by atoms with Crippen LogP contribution in [0.25, 0.3) is 0 Å². The molecule has 188 valence electrons. The molecule has 0 aromatic heterocycles. The molecular formula is C22H32N4O8. The Kier molecular flexibility index (Phi) is 10.9. The van der Waals surface area contributed by atoms with E-state index in [2.05, 4.69) is 10.6 Å². The minimum Gasteiger partial charge on any atom is -0.480 e. The van der Waals surface area contributed by atoms with E-state index in [1.807, 2.05) is 0 Å². The van der Waals surface area contributed by atoms with Crippen LogP contribution in [0.4, 0.5) is 0 Å². The summed E-state index contributed by atoms with van der Waals surface area (Å²) < 4.78 is 10.1. The molecule has 2 heterocycles. The molecule has 0 spiro atoms. The molecule has 12 heteroatoms. The normalized spacial score (nSPS) is 21.0. The molecule has 8 N–H and O–H groups in total. The Hall–Kier alpha value is -3.06. The van der Waals surface area contributed by atoms with Crippen LogP contribution >= 0.6 is 0 Å². The number of benzene rings is 1. The standard InChI is InChI=1S/C17H23N3O6.C5H9NO2/c18-12(16(23)25-9-13(19)15(21)22)8-10-3-5-11(6-4-10)26-17(24)14-2-1-7-20-14;7-5(8)4-2-1-3-6-4/h3-6,12-14,20H,1-2,7-9,18-19H2,(H,21,22);4,6H,1-3H2,(H,7,8)/t12-,13-,14-;4-/m00/s1. The maximum Gasteiger partial charge on any atom is 0.328 e. The second-order valence-corrected chi connectivity index (χ2v) is 8.09. The lowest BCUT2D eigenvalue weighted by Gasteiger charge is -2.14. The maximum atomic E-state index is 11.9. The van der Waals surface area contributed by atoms with E-state index < -0.39 is 36.6 Å². The Morgan fingerprint density at radius 1 is 0.941 bits per heavy atom. The van der Waals surface area contributed by atoms with Gasteiger partial charge in [-0.25, -0.2) is 4.79 Å². The van der Waals surface area contributed by atoms with Crippen LogP contribution in [0.2, 0.25) is 0 Å². The number of carboxylic acid groups (broad SMARTS) is 2. The van der Waals surface area contributed by atoms with Gasteiger partial charge >= 0.3 is 23.9 Å². The van der Waals surface area contributed by atoms with Crippen LogP contribution in [-0.2, 0) is 30.3 Å². The van der Waals surface area contributed by atoms with Crippen LogP contribution in [-0.4, -0.2) is 78.0 Å². The maximum absolute atomic E-state index is 11.9. The molecule has 0 amide bonds. The summed E-state index contributed by atoms with van der Waals surface area (Å²) in [7, 11) is 0. The molecule has 0 radical (unpaired) electrons. The van der Waals surface area contributed by atoms with Gasteiger partial charge in [-0.2, -0.15) is 0 Å². The van der Waals surface area contributed by atoms with Crippen LogP contribution in [0.1, 0.15) is 31.2 Å². The minimum atomic E-state index is -1.28. The Morgan fingerprint density at radius 2 is 1.53 bits per heavy atom. The number of aliphatic carboxylic acids is 2. The van der Waals surface area contributed by atoms with Crippen molar-refractivity contribution >= 4 is 23.9 Å². The zero-order valence-corrected chi connectivity index (χ0v) is 18.8. The van der Waals surface area contributed by atoms with Gasteiger partial charge in [-0.15, -0.1) is 0 Å². The molecule has 3 rings (SSSR count). The first-order valence-electron chi connectivity index (χ1n) is 11.1. The number of ether oxygens (including phenoxy) is 2. The van der Waals surface area contributed by atoms with Crippen LogP contribution < -0.4 is 26.8 Å². The second-order valence-electron chi connectivity index (χ2n) is 8.09. The van der Waals surface area contributed by atoms with Crippen molar-refractivity contribution in [1.29, 1.82) is 0 Å². The van der Waals surface area contributed by atoms with Gasteiger partial charge < -0.3 is 41.8 Å². The van der Waals surface area contributed by atoms with Crippen molar-refractivity contribution in [1.82, 2.24) is 10.6 Å². The molecule has 1 aromatic rings. The van der Waals surface area contributed by atoms with E-state index in [0.717, 1.165) is 44.3 Å². The van der Waals surface area contributed by atoms with Crippen molar-refractivity contribution in [2.24, 2.45) is 11.5 Å². The lowest BCUT2D eigenvalue weighted by molar-refractivity contribution is -0.149. The first-order chi connectivity index (χ1) is 16.2. The van der Waals surface area contributed by atoms with Gasteiger partial charge in [0.15, 0.2) is 0 Å². The second kappa shape index (κ2) is 13.6. The summed E-state index contributed by atoms with van der Waals surface area (Å²) in [5, 5.41) is 22.9. The summed E-state index contributed by atoms with van der Waals surface area (Å²) in [4.78, 5) is 44.4. The van der Waals surface area contributed by atoms with Crippen molar-refractivity contribution in [3.63, 3.8) is 0 Å². The van der Waals surface area contributed by atoms with Crippen LogP contribution in [0.5, 0.6) is 5.75 Å². The van der Waals surface area contributed by atoms with Gasteiger partial charge in [-0.05, 0) is 62.9 Å². The van der Waals surface area contributed by atoms with Crippen molar-refractivity contribution in [2.75, 3.05) is 19.7 Å². The molecule has 2 fully saturated rings. The summed E-state index contributed by atoms with van der Waals surface area (Å²) in [5.41, 5.74) is 11.8. The summed E-state index contributed by atoms with van der Waals surface area (Å²) in [6.45, 7) is 1.23. The molecule has 2 aliphatic heterocycles. The highest BCUT2D eigenvalue weighted by Gasteiger charge is 2.24. The van der Waals surface area contributed by atoms with E-state index in [4.69, 9.17) is 31.2 Å². The van der Waals surface area contributed by atoms with Gasteiger partial charge in [0, 0.05) is 0 Å². The van der Waals surface area contributed by atoms with Crippen molar-refractivity contribution < 1.29 is 38.9 Å². The number of rotatable bonds is 9. The number of nitrogens with one attached hydrogen (secondary N) is 2.